The van der Waals surface area contributed by atoms with Gasteiger partial charge in [-0.3, -0.25) is 4.90 Å². The Balaban J connectivity index is 1.55. The van der Waals surface area contributed by atoms with E-state index in [4.69, 9.17) is 4.74 Å². The zero-order valence-electron chi connectivity index (χ0n) is 17.2. The van der Waals surface area contributed by atoms with Crippen LogP contribution in [-0.4, -0.2) is 35.3 Å². The van der Waals surface area contributed by atoms with Crippen LogP contribution in [0.2, 0.25) is 0 Å². The first-order valence-electron chi connectivity index (χ1n) is 10.9. The summed E-state index contributed by atoms with van der Waals surface area (Å²) < 4.78 is 5.77. The minimum Gasteiger partial charge on any atom is -0.493 e. The van der Waals surface area contributed by atoms with E-state index in [1.54, 1.807) is 0 Å². The van der Waals surface area contributed by atoms with Crippen molar-refractivity contribution in [3.63, 3.8) is 0 Å². The summed E-state index contributed by atoms with van der Waals surface area (Å²) >= 11 is 0. The van der Waals surface area contributed by atoms with Gasteiger partial charge in [0.25, 0.3) is 0 Å². The van der Waals surface area contributed by atoms with Gasteiger partial charge in [0.05, 0.1) is 12.7 Å². The third kappa shape index (κ3) is 6.65. The van der Waals surface area contributed by atoms with Crippen molar-refractivity contribution in [3.8, 4) is 5.75 Å². The summed E-state index contributed by atoms with van der Waals surface area (Å²) in [5.74, 6) is 1.61. The second kappa shape index (κ2) is 11.2. The van der Waals surface area contributed by atoms with E-state index < -0.39 is 0 Å². The highest BCUT2D eigenvalue weighted by molar-refractivity contribution is 5.20. The fourth-order valence-corrected chi connectivity index (χ4v) is 4.30. The van der Waals surface area contributed by atoms with E-state index in [0.29, 0.717) is 25.6 Å². The van der Waals surface area contributed by atoms with Gasteiger partial charge in [-0.05, 0) is 43.4 Å². The zero-order valence-corrected chi connectivity index (χ0v) is 17.2. The Morgan fingerprint density at radius 1 is 0.964 bits per heavy atom. The van der Waals surface area contributed by atoms with Crippen LogP contribution in [0, 0.1) is 5.92 Å². The molecule has 28 heavy (non-hydrogen) atoms. The number of aliphatic hydroxyl groups is 1. The number of aliphatic hydroxyl groups excluding tert-OH is 1. The van der Waals surface area contributed by atoms with Crippen molar-refractivity contribution in [2.45, 2.75) is 64.1 Å². The van der Waals surface area contributed by atoms with Gasteiger partial charge in [0, 0.05) is 25.6 Å². The van der Waals surface area contributed by atoms with Crippen LogP contribution in [0.15, 0.2) is 60.7 Å². The number of para-hydroxylation sites is 1. The highest BCUT2D eigenvalue weighted by Crippen LogP contribution is 2.29. The molecular weight excluding hydrogens is 346 g/mol. The number of rotatable bonds is 10. The number of hydrogen-bond acceptors (Lipinski definition) is 3. The van der Waals surface area contributed by atoms with Crippen LogP contribution in [0.1, 0.15) is 51.0 Å². The molecule has 2 atom stereocenters. The molecule has 152 valence electrons. The van der Waals surface area contributed by atoms with Crippen LogP contribution in [-0.2, 0) is 6.54 Å². The molecule has 1 N–H and O–H groups in total. The molecule has 0 bridgehead atoms. The molecule has 1 aliphatic carbocycles. The number of ether oxygens (including phenoxy) is 1. The standard InChI is InChI=1S/C25H35NO2/c1-21(23-13-7-3-8-14-23)26(19-22-11-5-2-6-12-22)20-24(27)17-18-28-25-15-9-4-10-16-25/h2,4-6,9-12,15-16,21,23-24,27H,3,7-8,13-14,17-20H2,1H3/t21-,24+/m1/s1. The van der Waals surface area contributed by atoms with Gasteiger partial charge in [-0.2, -0.15) is 0 Å². The second-order valence-electron chi connectivity index (χ2n) is 8.16. The first-order valence-corrected chi connectivity index (χ1v) is 10.9. The fourth-order valence-electron chi connectivity index (χ4n) is 4.30. The Kier molecular flexibility index (Phi) is 8.38. The highest BCUT2D eigenvalue weighted by Gasteiger charge is 2.26. The predicted molar refractivity (Wildman–Crippen MR) is 115 cm³/mol. The van der Waals surface area contributed by atoms with Crippen molar-refractivity contribution in [3.05, 3.63) is 66.2 Å². The largest absolute Gasteiger partial charge is 0.493 e. The molecule has 1 fully saturated rings. The Hall–Kier alpha value is -1.84. The van der Waals surface area contributed by atoms with Gasteiger partial charge in [0.15, 0.2) is 0 Å². The van der Waals surface area contributed by atoms with Gasteiger partial charge in [-0.1, -0.05) is 67.8 Å². The molecule has 2 aromatic carbocycles. The zero-order chi connectivity index (χ0) is 19.6. The average Bonchev–Trinajstić information content (AvgIpc) is 2.75. The molecule has 3 rings (SSSR count). The Labute approximate surface area is 170 Å². The Bertz CT molecular complexity index is 655. The summed E-state index contributed by atoms with van der Waals surface area (Å²) in [6.07, 6.45) is 6.99. The van der Waals surface area contributed by atoms with E-state index >= 15 is 0 Å². The van der Waals surface area contributed by atoms with Crippen LogP contribution in [0.5, 0.6) is 5.75 Å². The van der Waals surface area contributed by atoms with Crippen LogP contribution in [0.25, 0.3) is 0 Å². The van der Waals surface area contributed by atoms with E-state index in [9.17, 15) is 5.11 Å². The van der Waals surface area contributed by atoms with Crippen LogP contribution in [0.4, 0.5) is 0 Å². The minimum atomic E-state index is -0.376. The molecular formula is C25H35NO2. The maximum Gasteiger partial charge on any atom is 0.119 e. The number of hydrogen-bond donors (Lipinski definition) is 1. The molecule has 2 aromatic rings. The summed E-state index contributed by atoms with van der Waals surface area (Å²) in [5.41, 5.74) is 1.32. The topological polar surface area (TPSA) is 32.7 Å². The third-order valence-corrected chi connectivity index (χ3v) is 6.04. The van der Waals surface area contributed by atoms with Gasteiger partial charge in [0.1, 0.15) is 5.75 Å². The summed E-state index contributed by atoms with van der Waals surface area (Å²) in [6, 6.07) is 21.0. The first-order chi connectivity index (χ1) is 13.7. The van der Waals surface area contributed by atoms with Gasteiger partial charge >= 0.3 is 0 Å². The lowest BCUT2D eigenvalue weighted by Crippen LogP contribution is -2.43. The molecule has 0 aromatic heterocycles. The molecule has 0 heterocycles. The molecule has 0 aliphatic heterocycles. The molecule has 1 aliphatic rings. The van der Waals surface area contributed by atoms with E-state index in [1.165, 1.54) is 37.7 Å². The summed E-state index contributed by atoms with van der Waals surface area (Å²) in [7, 11) is 0. The SMILES string of the molecule is C[C@H](C1CCCCC1)N(Cc1ccccc1)C[C@@H](O)CCOc1ccccc1. The first kappa shape index (κ1) is 20.9. The lowest BCUT2D eigenvalue weighted by atomic mass is 9.83. The van der Waals surface area contributed by atoms with Crippen LogP contribution in [0.3, 0.4) is 0 Å². The van der Waals surface area contributed by atoms with Crippen molar-refractivity contribution in [1.29, 1.82) is 0 Å². The van der Waals surface area contributed by atoms with Crippen molar-refractivity contribution in [1.82, 2.24) is 4.90 Å². The maximum absolute atomic E-state index is 10.7. The molecule has 0 saturated heterocycles. The quantitative estimate of drug-likeness (QED) is 0.607. The van der Waals surface area contributed by atoms with E-state index in [1.807, 2.05) is 30.3 Å². The third-order valence-electron chi connectivity index (χ3n) is 6.04. The molecule has 3 heteroatoms. The van der Waals surface area contributed by atoms with E-state index in [0.717, 1.165) is 18.2 Å². The average molecular weight is 382 g/mol. The summed E-state index contributed by atoms with van der Waals surface area (Å²) in [6.45, 7) is 4.49. The molecule has 3 nitrogen and oxygen atoms in total. The number of benzene rings is 2. The van der Waals surface area contributed by atoms with E-state index in [-0.39, 0.29) is 6.10 Å². The fraction of sp³-hybridized carbons (Fsp3) is 0.520. The Morgan fingerprint density at radius 2 is 1.61 bits per heavy atom. The molecule has 0 radical (unpaired) electrons. The highest BCUT2D eigenvalue weighted by atomic mass is 16.5. The predicted octanol–water partition coefficient (Wildman–Crippen LogP) is 5.29. The van der Waals surface area contributed by atoms with Crippen LogP contribution >= 0.6 is 0 Å². The van der Waals surface area contributed by atoms with Gasteiger partial charge in [-0.15, -0.1) is 0 Å². The lowest BCUT2D eigenvalue weighted by Gasteiger charge is -2.38. The Morgan fingerprint density at radius 3 is 2.29 bits per heavy atom. The normalized spacial score (nSPS) is 17.4. The van der Waals surface area contributed by atoms with Gasteiger partial charge < -0.3 is 9.84 Å². The molecule has 1 saturated carbocycles. The van der Waals surface area contributed by atoms with Crippen molar-refractivity contribution < 1.29 is 9.84 Å². The molecule has 0 spiro atoms. The van der Waals surface area contributed by atoms with Crippen molar-refractivity contribution in [2.24, 2.45) is 5.92 Å². The smallest absolute Gasteiger partial charge is 0.119 e. The summed E-state index contributed by atoms with van der Waals surface area (Å²) in [4.78, 5) is 2.48. The molecule has 0 amide bonds. The van der Waals surface area contributed by atoms with Gasteiger partial charge in [-0.25, -0.2) is 0 Å². The molecule has 0 unspecified atom stereocenters. The van der Waals surface area contributed by atoms with E-state index in [2.05, 4.69) is 42.2 Å². The van der Waals surface area contributed by atoms with Crippen molar-refractivity contribution in [2.75, 3.05) is 13.2 Å². The number of nitrogens with zero attached hydrogens (tertiary/aromatic N) is 1. The maximum atomic E-state index is 10.7. The van der Waals surface area contributed by atoms with Crippen LogP contribution < -0.4 is 4.74 Å². The monoisotopic (exact) mass is 381 g/mol. The second-order valence-corrected chi connectivity index (χ2v) is 8.16. The van der Waals surface area contributed by atoms with Gasteiger partial charge in [0.2, 0.25) is 0 Å². The minimum absolute atomic E-state index is 0.376. The summed E-state index contributed by atoms with van der Waals surface area (Å²) in [5, 5.41) is 10.7. The lowest BCUT2D eigenvalue weighted by molar-refractivity contribution is 0.0473. The van der Waals surface area contributed by atoms with Crippen molar-refractivity contribution >= 4 is 0 Å².